The highest BCUT2D eigenvalue weighted by molar-refractivity contribution is 5.86. The monoisotopic (exact) mass is 404 g/mol. The predicted octanol–water partition coefficient (Wildman–Crippen LogP) is 4.18. The van der Waals surface area contributed by atoms with Crippen LogP contribution in [-0.4, -0.2) is 35.8 Å². The van der Waals surface area contributed by atoms with Gasteiger partial charge in [-0.3, -0.25) is 4.79 Å². The van der Waals surface area contributed by atoms with Crippen LogP contribution in [0.1, 0.15) is 65.9 Å². The summed E-state index contributed by atoms with van der Waals surface area (Å²) in [5.74, 6) is 0.200. The van der Waals surface area contributed by atoms with Crippen LogP contribution in [0.25, 0.3) is 0 Å². The number of nitrogens with one attached hydrogen (secondary N) is 2. The highest BCUT2D eigenvalue weighted by Gasteiger charge is 2.32. The maximum Gasteiger partial charge on any atom is 0.408 e. The average molecular weight is 405 g/mol. The number of carbonyl (C=O) groups is 2. The van der Waals surface area contributed by atoms with Gasteiger partial charge in [0.15, 0.2) is 0 Å². The van der Waals surface area contributed by atoms with E-state index in [9.17, 15) is 9.59 Å². The first-order valence-corrected chi connectivity index (χ1v) is 10.6. The summed E-state index contributed by atoms with van der Waals surface area (Å²) in [4.78, 5) is 25.4. The lowest BCUT2D eigenvalue weighted by atomic mass is 9.86. The summed E-state index contributed by atoms with van der Waals surface area (Å²) in [6.07, 6.45) is 3.25. The van der Waals surface area contributed by atoms with Gasteiger partial charge in [-0.1, -0.05) is 50.1 Å². The van der Waals surface area contributed by atoms with Gasteiger partial charge in [-0.2, -0.15) is 0 Å². The Morgan fingerprint density at radius 2 is 1.79 bits per heavy atom. The number of rotatable bonds is 7. The summed E-state index contributed by atoms with van der Waals surface area (Å²) >= 11 is 0. The van der Waals surface area contributed by atoms with E-state index in [2.05, 4.69) is 17.6 Å². The van der Waals surface area contributed by atoms with Gasteiger partial charge in [-0.05, 0) is 52.0 Å². The topological polar surface area (TPSA) is 76.7 Å². The lowest BCUT2D eigenvalue weighted by Gasteiger charge is -2.32. The van der Waals surface area contributed by atoms with E-state index in [1.165, 1.54) is 6.42 Å². The van der Waals surface area contributed by atoms with Crippen molar-refractivity contribution in [3.05, 3.63) is 35.9 Å². The van der Waals surface area contributed by atoms with Crippen molar-refractivity contribution in [1.82, 2.24) is 10.6 Å². The molecule has 0 radical (unpaired) electrons. The molecule has 1 aromatic carbocycles. The highest BCUT2D eigenvalue weighted by atomic mass is 16.6. The fourth-order valence-corrected chi connectivity index (χ4v) is 3.53. The quantitative estimate of drug-likeness (QED) is 0.715. The van der Waals surface area contributed by atoms with E-state index in [0.29, 0.717) is 12.5 Å². The number of alkyl carbamates (subject to hydrolysis) is 1. The van der Waals surface area contributed by atoms with E-state index in [1.807, 2.05) is 30.3 Å². The molecule has 2 rings (SSSR count). The van der Waals surface area contributed by atoms with Gasteiger partial charge in [0, 0.05) is 6.04 Å². The first-order chi connectivity index (χ1) is 13.7. The van der Waals surface area contributed by atoms with Crippen molar-refractivity contribution < 1.29 is 19.1 Å². The summed E-state index contributed by atoms with van der Waals surface area (Å²) in [5, 5.41) is 5.84. The second-order valence-corrected chi connectivity index (χ2v) is 9.00. The van der Waals surface area contributed by atoms with Gasteiger partial charge in [-0.15, -0.1) is 0 Å². The third-order valence-electron chi connectivity index (χ3n) is 5.22. The summed E-state index contributed by atoms with van der Waals surface area (Å²) in [7, 11) is 0. The van der Waals surface area contributed by atoms with Gasteiger partial charge in [0.2, 0.25) is 5.91 Å². The van der Waals surface area contributed by atoms with Crippen LogP contribution >= 0.6 is 0 Å². The maximum atomic E-state index is 13.0. The van der Waals surface area contributed by atoms with Crippen LogP contribution in [0, 0.1) is 5.92 Å². The molecule has 1 aliphatic carbocycles. The Kier molecular flexibility index (Phi) is 8.50. The van der Waals surface area contributed by atoms with Crippen molar-refractivity contribution in [2.75, 3.05) is 0 Å². The van der Waals surface area contributed by atoms with Crippen LogP contribution in [0.5, 0.6) is 0 Å². The van der Waals surface area contributed by atoms with E-state index in [4.69, 9.17) is 9.47 Å². The molecule has 2 amide bonds. The summed E-state index contributed by atoms with van der Waals surface area (Å²) in [5.41, 5.74) is 0.369. The molecule has 0 heterocycles. The lowest BCUT2D eigenvalue weighted by Crippen LogP contribution is -2.56. The van der Waals surface area contributed by atoms with Crippen molar-refractivity contribution in [3.8, 4) is 0 Å². The zero-order valence-electron chi connectivity index (χ0n) is 18.4. The summed E-state index contributed by atoms with van der Waals surface area (Å²) in [6, 6.07) is 9.05. The molecule has 1 fully saturated rings. The maximum absolute atomic E-state index is 13.0. The van der Waals surface area contributed by atoms with E-state index < -0.39 is 23.8 Å². The normalized spacial score (nSPS) is 21.7. The molecule has 0 saturated heterocycles. The molecule has 1 aliphatic rings. The molecule has 0 aliphatic heterocycles. The Labute approximate surface area is 174 Å². The van der Waals surface area contributed by atoms with Crippen molar-refractivity contribution in [3.63, 3.8) is 0 Å². The number of amides is 2. The minimum atomic E-state index is -0.831. The molecule has 4 atom stereocenters. The fraction of sp³-hybridized carbons (Fsp3) is 0.652. The molecule has 6 heteroatoms. The average Bonchev–Trinajstić information content (AvgIpc) is 2.65. The van der Waals surface area contributed by atoms with E-state index >= 15 is 0 Å². The molecule has 0 bridgehead atoms. The third kappa shape index (κ3) is 8.05. The Morgan fingerprint density at radius 3 is 2.41 bits per heavy atom. The van der Waals surface area contributed by atoms with Gasteiger partial charge in [0.1, 0.15) is 11.6 Å². The number of hydrogen-bond acceptors (Lipinski definition) is 4. The Morgan fingerprint density at radius 1 is 1.14 bits per heavy atom. The third-order valence-corrected chi connectivity index (χ3v) is 5.22. The Hall–Kier alpha value is -2.08. The molecule has 1 saturated carbocycles. The molecule has 29 heavy (non-hydrogen) atoms. The standard InChI is InChI=1S/C23H36N2O4/c1-16-11-9-10-14-19(16)24-21(26)20(25-22(27)29-23(3,4)5)17(2)28-15-18-12-7-6-8-13-18/h6-8,12-13,16-17,19-20H,9-11,14-15H2,1-5H3,(H,24,26)(H,25,27)/t16-,17+,19+,20+/m1/s1. The molecule has 0 aromatic heterocycles. The first-order valence-electron chi connectivity index (χ1n) is 10.6. The van der Waals surface area contributed by atoms with Gasteiger partial charge in [0.25, 0.3) is 0 Å². The second-order valence-electron chi connectivity index (χ2n) is 9.00. The molecule has 2 N–H and O–H groups in total. The number of ether oxygens (including phenoxy) is 2. The van der Waals surface area contributed by atoms with Crippen molar-refractivity contribution in [2.24, 2.45) is 5.92 Å². The zero-order valence-corrected chi connectivity index (χ0v) is 18.4. The molecule has 0 unspecified atom stereocenters. The van der Waals surface area contributed by atoms with E-state index in [0.717, 1.165) is 24.8 Å². The molecule has 1 aromatic rings. The largest absolute Gasteiger partial charge is 0.444 e. The predicted molar refractivity (Wildman–Crippen MR) is 113 cm³/mol. The Bertz CT molecular complexity index is 657. The molecule has 6 nitrogen and oxygen atoms in total. The van der Waals surface area contributed by atoms with E-state index in [1.54, 1.807) is 27.7 Å². The number of carbonyl (C=O) groups excluding carboxylic acids is 2. The van der Waals surface area contributed by atoms with Crippen LogP contribution in [0.15, 0.2) is 30.3 Å². The smallest absolute Gasteiger partial charge is 0.408 e. The molecule has 162 valence electrons. The lowest BCUT2D eigenvalue weighted by molar-refractivity contribution is -0.128. The van der Waals surface area contributed by atoms with Crippen LogP contribution in [0.3, 0.4) is 0 Å². The van der Waals surface area contributed by atoms with Crippen molar-refractivity contribution in [1.29, 1.82) is 0 Å². The van der Waals surface area contributed by atoms with Gasteiger partial charge in [0.05, 0.1) is 12.7 Å². The van der Waals surface area contributed by atoms with Gasteiger partial charge >= 0.3 is 6.09 Å². The minimum Gasteiger partial charge on any atom is -0.444 e. The summed E-state index contributed by atoms with van der Waals surface area (Å²) in [6.45, 7) is 9.70. The first kappa shape index (κ1) is 23.2. The SMILES string of the molecule is C[C@@H]1CCCC[C@@H]1NC(=O)[C@@H](NC(=O)OC(C)(C)C)[C@H](C)OCc1ccccc1. The Balaban J connectivity index is 2.04. The van der Waals surface area contributed by atoms with Gasteiger partial charge in [-0.25, -0.2) is 4.79 Å². The van der Waals surface area contributed by atoms with Crippen LogP contribution < -0.4 is 10.6 Å². The fourth-order valence-electron chi connectivity index (χ4n) is 3.53. The van der Waals surface area contributed by atoms with Crippen LogP contribution in [-0.2, 0) is 20.9 Å². The molecule has 0 spiro atoms. The van der Waals surface area contributed by atoms with Gasteiger partial charge < -0.3 is 20.1 Å². The number of hydrogen-bond donors (Lipinski definition) is 2. The van der Waals surface area contributed by atoms with Crippen LogP contribution in [0.4, 0.5) is 4.79 Å². The second kappa shape index (κ2) is 10.6. The number of benzene rings is 1. The minimum absolute atomic E-state index is 0.125. The highest BCUT2D eigenvalue weighted by Crippen LogP contribution is 2.24. The summed E-state index contributed by atoms with van der Waals surface area (Å²) < 4.78 is 11.3. The van der Waals surface area contributed by atoms with E-state index in [-0.39, 0.29) is 11.9 Å². The van der Waals surface area contributed by atoms with Crippen LogP contribution in [0.2, 0.25) is 0 Å². The molecular formula is C23H36N2O4. The van der Waals surface area contributed by atoms with Crippen molar-refractivity contribution in [2.45, 2.75) is 90.7 Å². The molecular weight excluding hydrogens is 368 g/mol. The van der Waals surface area contributed by atoms with Crippen molar-refractivity contribution >= 4 is 12.0 Å². The zero-order chi connectivity index (χ0) is 21.4.